The molecule has 1 aromatic heterocycles. The second-order valence-electron chi connectivity index (χ2n) is 5.47. The van der Waals surface area contributed by atoms with Crippen molar-refractivity contribution < 1.29 is 5.11 Å². The highest BCUT2D eigenvalue weighted by Crippen LogP contribution is 2.38. The number of aliphatic hydroxyl groups is 1. The van der Waals surface area contributed by atoms with E-state index >= 15 is 0 Å². The van der Waals surface area contributed by atoms with E-state index in [-0.39, 0.29) is 6.10 Å². The van der Waals surface area contributed by atoms with E-state index in [2.05, 4.69) is 16.4 Å². The Morgan fingerprint density at radius 2 is 2.17 bits per heavy atom. The molecule has 2 aliphatic carbocycles. The van der Waals surface area contributed by atoms with E-state index in [9.17, 15) is 5.11 Å². The SMILES string of the molecule is N#CCc1nnn(CC(O)C2CC2)c1C1CCC1. The number of aromatic nitrogens is 3. The smallest absolute Gasteiger partial charge is 0.100 e. The number of rotatable bonds is 5. The minimum absolute atomic E-state index is 0.305. The lowest BCUT2D eigenvalue weighted by molar-refractivity contribution is 0.124. The maximum Gasteiger partial charge on any atom is 0.100 e. The zero-order valence-electron chi connectivity index (χ0n) is 10.4. The second kappa shape index (κ2) is 4.69. The normalized spacial score (nSPS) is 21.3. The predicted molar refractivity (Wildman–Crippen MR) is 64.7 cm³/mol. The summed E-state index contributed by atoms with van der Waals surface area (Å²) in [4.78, 5) is 0. The van der Waals surface area contributed by atoms with Crippen LogP contribution in [0.25, 0.3) is 0 Å². The van der Waals surface area contributed by atoms with Crippen LogP contribution in [0.1, 0.15) is 49.4 Å². The Labute approximate surface area is 106 Å². The average Bonchev–Trinajstić information content (AvgIpc) is 3.07. The highest BCUT2D eigenvalue weighted by molar-refractivity contribution is 5.21. The maximum atomic E-state index is 10.0. The number of hydrogen-bond acceptors (Lipinski definition) is 4. The molecule has 2 aliphatic rings. The highest BCUT2D eigenvalue weighted by atomic mass is 16.3. The fraction of sp³-hybridized carbons (Fsp3) is 0.769. The molecule has 1 N–H and O–H groups in total. The molecule has 0 saturated heterocycles. The Kier molecular flexibility index (Phi) is 3.04. The summed E-state index contributed by atoms with van der Waals surface area (Å²) in [6.45, 7) is 0.537. The molecule has 1 aromatic rings. The molecule has 96 valence electrons. The van der Waals surface area contributed by atoms with E-state index in [1.807, 2.05) is 4.68 Å². The van der Waals surface area contributed by atoms with Crippen molar-refractivity contribution in [2.75, 3.05) is 0 Å². The van der Waals surface area contributed by atoms with Crippen LogP contribution < -0.4 is 0 Å². The third-order valence-corrected chi connectivity index (χ3v) is 4.11. The summed E-state index contributed by atoms with van der Waals surface area (Å²) < 4.78 is 1.85. The molecule has 1 heterocycles. The topological polar surface area (TPSA) is 74.7 Å². The standard InChI is InChI=1S/C13H18N4O/c14-7-6-11-13(10-2-1-3-10)17(16-15-11)8-12(18)9-4-5-9/h9-10,12,18H,1-6,8H2. The van der Waals surface area contributed by atoms with Crippen LogP contribution in [0.15, 0.2) is 0 Å². The first-order valence-electron chi connectivity index (χ1n) is 6.77. The van der Waals surface area contributed by atoms with Crippen LogP contribution in [0.2, 0.25) is 0 Å². The number of hydrogen-bond donors (Lipinski definition) is 1. The fourth-order valence-corrected chi connectivity index (χ4v) is 2.63. The van der Waals surface area contributed by atoms with E-state index < -0.39 is 0 Å². The van der Waals surface area contributed by atoms with E-state index in [4.69, 9.17) is 5.26 Å². The Balaban J connectivity index is 1.81. The second-order valence-corrected chi connectivity index (χ2v) is 5.47. The zero-order chi connectivity index (χ0) is 12.5. The summed E-state index contributed by atoms with van der Waals surface area (Å²) in [5.41, 5.74) is 1.91. The van der Waals surface area contributed by atoms with Gasteiger partial charge in [0.1, 0.15) is 5.69 Å². The summed E-state index contributed by atoms with van der Waals surface area (Å²) in [6.07, 6.45) is 5.83. The average molecular weight is 246 g/mol. The Morgan fingerprint density at radius 1 is 1.39 bits per heavy atom. The molecule has 18 heavy (non-hydrogen) atoms. The summed E-state index contributed by atoms with van der Waals surface area (Å²) >= 11 is 0. The van der Waals surface area contributed by atoms with Crippen molar-refractivity contribution >= 4 is 0 Å². The van der Waals surface area contributed by atoms with Crippen molar-refractivity contribution in [3.05, 3.63) is 11.4 Å². The Hall–Kier alpha value is -1.41. The molecule has 0 aliphatic heterocycles. The molecule has 5 nitrogen and oxygen atoms in total. The molecule has 3 rings (SSSR count). The van der Waals surface area contributed by atoms with Gasteiger partial charge in [0.2, 0.25) is 0 Å². The van der Waals surface area contributed by atoms with Gasteiger partial charge in [-0.15, -0.1) is 5.10 Å². The molecule has 1 unspecified atom stereocenters. The van der Waals surface area contributed by atoms with Crippen molar-refractivity contribution in [1.29, 1.82) is 5.26 Å². The number of aliphatic hydroxyl groups excluding tert-OH is 1. The van der Waals surface area contributed by atoms with Gasteiger partial charge in [0.15, 0.2) is 0 Å². The largest absolute Gasteiger partial charge is 0.391 e. The highest BCUT2D eigenvalue weighted by Gasteiger charge is 2.33. The predicted octanol–water partition coefficient (Wildman–Crippen LogP) is 1.38. The maximum absolute atomic E-state index is 10.0. The van der Waals surface area contributed by atoms with Gasteiger partial charge in [0, 0.05) is 5.92 Å². The van der Waals surface area contributed by atoms with Crippen LogP contribution in [0.5, 0.6) is 0 Å². The van der Waals surface area contributed by atoms with Gasteiger partial charge in [-0.25, -0.2) is 4.68 Å². The molecule has 0 radical (unpaired) electrons. The lowest BCUT2D eigenvalue weighted by Crippen LogP contribution is -2.23. The summed E-state index contributed by atoms with van der Waals surface area (Å²) in [5, 5.41) is 27.1. The summed E-state index contributed by atoms with van der Waals surface area (Å²) in [5.74, 6) is 0.942. The van der Waals surface area contributed by atoms with Gasteiger partial charge >= 0.3 is 0 Å². The first kappa shape index (κ1) is 11.7. The van der Waals surface area contributed by atoms with Crippen molar-refractivity contribution in [3.63, 3.8) is 0 Å². The van der Waals surface area contributed by atoms with Crippen LogP contribution >= 0.6 is 0 Å². The molecule has 2 saturated carbocycles. The molecule has 1 atom stereocenters. The minimum atomic E-state index is -0.305. The lowest BCUT2D eigenvalue weighted by Gasteiger charge is -2.27. The quantitative estimate of drug-likeness (QED) is 0.851. The fourth-order valence-electron chi connectivity index (χ4n) is 2.63. The van der Waals surface area contributed by atoms with Gasteiger partial charge in [0.05, 0.1) is 30.8 Å². The first-order valence-corrected chi connectivity index (χ1v) is 6.77. The van der Waals surface area contributed by atoms with E-state index in [0.717, 1.165) is 37.1 Å². The van der Waals surface area contributed by atoms with Crippen LogP contribution in [0.4, 0.5) is 0 Å². The zero-order valence-corrected chi connectivity index (χ0v) is 10.4. The monoisotopic (exact) mass is 246 g/mol. The number of nitrogens with zero attached hydrogens (tertiary/aromatic N) is 4. The molecule has 0 bridgehead atoms. The molecule has 0 amide bonds. The molecule has 5 heteroatoms. The van der Waals surface area contributed by atoms with E-state index in [1.165, 1.54) is 6.42 Å². The third-order valence-electron chi connectivity index (χ3n) is 4.11. The van der Waals surface area contributed by atoms with Crippen LogP contribution in [-0.2, 0) is 13.0 Å². The van der Waals surface area contributed by atoms with Crippen molar-refractivity contribution in [1.82, 2.24) is 15.0 Å². The van der Waals surface area contributed by atoms with Crippen LogP contribution in [-0.4, -0.2) is 26.2 Å². The van der Waals surface area contributed by atoms with Crippen LogP contribution in [0.3, 0.4) is 0 Å². The van der Waals surface area contributed by atoms with Gasteiger partial charge in [-0.2, -0.15) is 5.26 Å². The van der Waals surface area contributed by atoms with E-state index in [0.29, 0.717) is 24.8 Å². The lowest BCUT2D eigenvalue weighted by atomic mass is 9.81. The molecular weight excluding hydrogens is 228 g/mol. The van der Waals surface area contributed by atoms with Gasteiger partial charge < -0.3 is 5.11 Å². The molecule has 0 aromatic carbocycles. The molecular formula is C13H18N4O. The molecule has 0 spiro atoms. The van der Waals surface area contributed by atoms with Crippen molar-refractivity contribution in [2.45, 2.75) is 57.1 Å². The Morgan fingerprint density at radius 3 is 2.72 bits per heavy atom. The van der Waals surface area contributed by atoms with Gasteiger partial charge in [-0.3, -0.25) is 0 Å². The Bertz CT molecular complexity index is 468. The summed E-state index contributed by atoms with van der Waals surface area (Å²) in [7, 11) is 0. The van der Waals surface area contributed by atoms with Crippen molar-refractivity contribution in [3.8, 4) is 6.07 Å². The van der Waals surface area contributed by atoms with E-state index in [1.54, 1.807) is 0 Å². The first-order chi connectivity index (χ1) is 8.79. The van der Waals surface area contributed by atoms with Gasteiger partial charge in [0.25, 0.3) is 0 Å². The summed E-state index contributed by atoms with van der Waals surface area (Å²) in [6, 6.07) is 2.15. The van der Waals surface area contributed by atoms with Gasteiger partial charge in [-0.05, 0) is 31.6 Å². The minimum Gasteiger partial charge on any atom is -0.391 e. The number of nitriles is 1. The van der Waals surface area contributed by atoms with Crippen LogP contribution in [0, 0.1) is 17.2 Å². The molecule has 2 fully saturated rings. The van der Waals surface area contributed by atoms with Gasteiger partial charge in [-0.1, -0.05) is 11.6 Å². The third kappa shape index (κ3) is 2.13. The van der Waals surface area contributed by atoms with Crippen molar-refractivity contribution in [2.24, 2.45) is 5.92 Å².